The van der Waals surface area contributed by atoms with Crippen molar-refractivity contribution in [1.29, 1.82) is 0 Å². The minimum Gasteiger partial charge on any atom is -0.345 e. The van der Waals surface area contributed by atoms with Gasteiger partial charge in [0.05, 0.1) is 0 Å². The molecule has 0 radical (unpaired) electrons. The number of amides is 1. The molecule has 2 aromatic rings. The normalized spacial score (nSPS) is 10.4. The topological polar surface area (TPSA) is 70.7 Å². The summed E-state index contributed by atoms with van der Waals surface area (Å²) in [6.07, 6.45) is 1.79. The summed E-state index contributed by atoms with van der Waals surface area (Å²) in [4.78, 5) is 15.8. The maximum absolute atomic E-state index is 11.7. The van der Waals surface area contributed by atoms with Gasteiger partial charge in [0.25, 0.3) is 5.91 Å². The van der Waals surface area contributed by atoms with Gasteiger partial charge in [0.2, 0.25) is 5.82 Å². The zero-order valence-corrected chi connectivity index (χ0v) is 10.4. The van der Waals surface area contributed by atoms with E-state index in [4.69, 9.17) is 0 Å². The molecule has 0 atom stereocenters. The van der Waals surface area contributed by atoms with Gasteiger partial charge in [-0.1, -0.05) is 6.92 Å². The van der Waals surface area contributed by atoms with Crippen LogP contribution in [0.5, 0.6) is 0 Å². The third-order valence-electron chi connectivity index (χ3n) is 2.25. The number of nitrogens with zero attached hydrogens (tertiary/aromatic N) is 2. The van der Waals surface area contributed by atoms with Crippen molar-refractivity contribution in [2.24, 2.45) is 0 Å². The van der Waals surface area contributed by atoms with Crippen LogP contribution in [-0.2, 0) is 13.0 Å². The van der Waals surface area contributed by atoms with Gasteiger partial charge in [-0.25, -0.2) is 4.98 Å². The molecule has 0 bridgehead atoms. The molecule has 2 heterocycles. The van der Waals surface area contributed by atoms with E-state index in [1.165, 1.54) is 0 Å². The minimum atomic E-state index is -0.241. The highest BCUT2D eigenvalue weighted by Gasteiger charge is 2.11. The third kappa shape index (κ3) is 3.13. The Morgan fingerprint density at radius 3 is 3.18 bits per heavy atom. The van der Waals surface area contributed by atoms with Gasteiger partial charge in [-0.3, -0.25) is 9.89 Å². The van der Waals surface area contributed by atoms with E-state index in [-0.39, 0.29) is 11.7 Å². The number of thiophene rings is 1. The van der Waals surface area contributed by atoms with Gasteiger partial charge < -0.3 is 5.32 Å². The highest BCUT2D eigenvalue weighted by molar-refractivity contribution is 7.07. The number of aromatic amines is 1. The molecule has 1 amide bonds. The van der Waals surface area contributed by atoms with Gasteiger partial charge in [0.15, 0.2) is 0 Å². The Kier molecular flexibility index (Phi) is 3.87. The van der Waals surface area contributed by atoms with Crippen LogP contribution in [0.15, 0.2) is 16.8 Å². The van der Waals surface area contributed by atoms with Crippen molar-refractivity contribution in [3.05, 3.63) is 34.0 Å². The molecule has 2 aromatic heterocycles. The Morgan fingerprint density at radius 2 is 2.47 bits per heavy atom. The van der Waals surface area contributed by atoms with Crippen molar-refractivity contribution in [1.82, 2.24) is 20.5 Å². The molecule has 0 unspecified atom stereocenters. The SMILES string of the molecule is CCCc1nc(C(=O)NCc2ccsc2)n[nH]1. The van der Waals surface area contributed by atoms with E-state index in [9.17, 15) is 4.79 Å². The Labute approximate surface area is 103 Å². The Bertz CT molecular complexity index is 477. The first-order chi connectivity index (χ1) is 8.29. The number of nitrogens with one attached hydrogen (secondary N) is 2. The first-order valence-electron chi connectivity index (χ1n) is 5.50. The molecule has 0 spiro atoms. The molecular weight excluding hydrogens is 236 g/mol. The van der Waals surface area contributed by atoms with Gasteiger partial charge in [-0.05, 0) is 28.8 Å². The van der Waals surface area contributed by atoms with Crippen LogP contribution in [0.1, 0.15) is 35.4 Å². The number of hydrogen-bond acceptors (Lipinski definition) is 4. The summed E-state index contributed by atoms with van der Waals surface area (Å²) < 4.78 is 0. The fourth-order valence-corrected chi connectivity index (χ4v) is 2.07. The Balaban J connectivity index is 1.90. The zero-order valence-electron chi connectivity index (χ0n) is 9.56. The summed E-state index contributed by atoms with van der Waals surface area (Å²) in [5, 5.41) is 13.4. The lowest BCUT2D eigenvalue weighted by Gasteiger charge is -1.99. The van der Waals surface area contributed by atoms with Crippen LogP contribution in [-0.4, -0.2) is 21.1 Å². The highest BCUT2D eigenvalue weighted by atomic mass is 32.1. The highest BCUT2D eigenvalue weighted by Crippen LogP contribution is 2.05. The first kappa shape index (κ1) is 11.8. The number of rotatable bonds is 5. The molecule has 6 heteroatoms. The van der Waals surface area contributed by atoms with Gasteiger partial charge in [-0.2, -0.15) is 11.3 Å². The molecule has 0 saturated carbocycles. The van der Waals surface area contributed by atoms with Crippen molar-refractivity contribution in [3.8, 4) is 0 Å². The van der Waals surface area contributed by atoms with Crippen molar-refractivity contribution in [2.75, 3.05) is 0 Å². The van der Waals surface area contributed by atoms with Gasteiger partial charge in [0.1, 0.15) is 5.82 Å². The monoisotopic (exact) mass is 250 g/mol. The Morgan fingerprint density at radius 1 is 1.59 bits per heavy atom. The van der Waals surface area contributed by atoms with Crippen LogP contribution in [0, 0.1) is 0 Å². The molecule has 90 valence electrons. The fourth-order valence-electron chi connectivity index (χ4n) is 1.40. The lowest BCUT2D eigenvalue weighted by molar-refractivity contribution is 0.0941. The number of carbonyl (C=O) groups excluding carboxylic acids is 1. The largest absolute Gasteiger partial charge is 0.345 e. The van der Waals surface area contributed by atoms with Crippen LogP contribution < -0.4 is 5.32 Å². The molecule has 0 aliphatic heterocycles. The third-order valence-corrected chi connectivity index (χ3v) is 2.99. The summed E-state index contributed by atoms with van der Waals surface area (Å²) >= 11 is 1.61. The lowest BCUT2D eigenvalue weighted by Crippen LogP contribution is -2.23. The number of aryl methyl sites for hydroxylation is 1. The Hall–Kier alpha value is -1.69. The maximum atomic E-state index is 11.7. The smallest absolute Gasteiger partial charge is 0.291 e. The first-order valence-corrected chi connectivity index (χ1v) is 6.44. The summed E-state index contributed by atoms with van der Waals surface area (Å²) in [7, 11) is 0. The summed E-state index contributed by atoms with van der Waals surface area (Å²) in [6.45, 7) is 2.57. The predicted octanol–water partition coefficient (Wildman–Crippen LogP) is 1.75. The molecule has 0 saturated heterocycles. The van der Waals surface area contributed by atoms with Crippen molar-refractivity contribution < 1.29 is 4.79 Å². The van der Waals surface area contributed by atoms with Crippen LogP contribution in [0.2, 0.25) is 0 Å². The van der Waals surface area contributed by atoms with E-state index in [1.807, 2.05) is 16.8 Å². The van der Waals surface area contributed by atoms with Gasteiger partial charge in [0, 0.05) is 13.0 Å². The number of carbonyl (C=O) groups is 1. The number of hydrogen-bond donors (Lipinski definition) is 2. The second-order valence-electron chi connectivity index (χ2n) is 3.67. The second-order valence-corrected chi connectivity index (χ2v) is 4.45. The van der Waals surface area contributed by atoms with Crippen LogP contribution in [0.4, 0.5) is 0 Å². The van der Waals surface area contributed by atoms with Gasteiger partial charge in [-0.15, -0.1) is 5.10 Å². The second kappa shape index (κ2) is 5.58. The minimum absolute atomic E-state index is 0.212. The molecular formula is C11H14N4OS. The van der Waals surface area contributed by atoms with E-state index < -0.39 is 0 Å². The van der Waals surface area contributed by atoms with Crippen molar-refractivity contribution in [2.45, 2.75) is 26.3 Å². The molecule has 0 aliphatic carbocycles. The van der Waals surface area contributed by atoms with E-state index in [0.717, 1.165) is 24.2 Å². The van der Waals surface area contributed by atoms with Crippen LogP contribution in [0.3, 0.4) is 0 Å². The van der Waals surface area contributed by atoms with Crippen LogP contribution in [0.25, 0.3) is 0 Å². The van der Waals surface area contributed by atoms with Crippen LogP contribution >= 0.6 is 11.3 Å². The molecule has 0 fully saturated rings. The molecule has 17 heavy (non-hydrogen) atoms. The predicted molar refractivity (Wildman–Crippen MR) is 65.9 cm³/mol. The van der Waals surface area contributed by atoms with E-state index >= 15 is 0 Å². The standard InChI is InChI=1S/C11H14N4OS/c1-2-3-9-13-10(15-14-9)11(16)12-6-8-4-5-17-7-8/h4-5,7H,2-3,6H2,1H3,(H,12,16)(H,13,14,15). The number of aromatic nitrogens is 3. The summed E-state index contributed by atoms with van der Waals surface area (Å²) in [6, 6.07) is 1.98. The molecule has 5 nitrogen and oxygen atoms in total. The maximum Gasteiger partial charge on any atom is 0.291 e. The van der Waals surface area contributed by atoms with E-state index in [2.05, 4.69) is 27.4 Å². The quantitative estimate of drug-likeness (QED) is 0.849. The van der Waals surface area contributed by atoms with E-state index in [0.29, 0.717) is 6.54 Å². The van der Waals surface area contributed by atoms with E-state index in [1.54, 1.807) is 11.3 Å². The molecule has 2 N–H and O–H groups in total. The lowest BCUT2D eigenvalue weighted by atomic mass is 10.3. The number of H-pyrrole nitrogens is 1. The zero-order chi connectivity index (χ0) is 12.1. The average Bonchev–Trinajstić information content (AvgIpc) is 2.97. The summed E-state index contributed by atoms with van der Waals surface area (Å²) in [5.74, 6) is 0.728. The van der Waals surface area contributed by atoms with Gasteiger partial charge >= 0.3 is 0 Å². The fraction of sp³-hybridized carbons (Fsp3) is 0.364. The van der Waals surface area contributed by atoms with Crippen molar-refractivity contribution >= 4 is 17.2 Å². The molecule has 0 aromatic carbocycles. The van der Waals surface area contributed by atoms with Crippen molar-refractivity contribution in [3.63, 3.8) is 0 Å². The molecule has 2 rings (SSSR count). The summed E-state index contributed by atoms with van der Waals surface area (Å²) in [5.41, 5.74) is 1.09. The molecule has 0 aliphatic rings. The average molecular weight is 250 g/mol.